The number of fused-ring (bicyclic) bond motifs is 1. The minimum atomic E-state index is -3.62. The maximum absolute atomic E-state index is 13.0. The molecule has 3 rings (SSSR count). The normalized spacial score (nSPS) is 13.7. The van der Waals surface area contributed by atoms with Crippen molar-refractivity contribution < 1.29 is 23.1 Å². The molecule has 0 aromatic heterocycles. The van der Waals surface area contributed by atoms with E-state index in [1.54, 1.807) is 19.1 Å². The molecule has 1 heterocycles. The van der Waals surface area contributed by atoms with E-state index >= 15 is 0 Å². The number of rotatable bonds is 4. The minimum Gasteiger partial charge on any atom is -0.478 e. The lowest BCUT2D eigenvalue weighted by atomic mass is 10.1. The van der Waals surface area contributed by atoms with E-state index in [2.05, 4.69) is 0 Å². The third kappa shape index (κ3) is 3.45. The summed E-state index contributed by atoms with van der Waals surface area (Å²) in [5.74, 6) is -1.45. The average molecular weight is 388 g/mol. The SMILES string of the molecule is Cc1cc(C(=O)O)cc(C(=O)N2CCc3ccc(S(=O)(=O)N(C)C)cc32)c1. The lowest BCUT2D eigenvalue weighted by Crippen LogP contribution is -2.29. The molecule has 0 saturated heterocycles. The second-order valence-electron chi connectivity index (χ2n) is 6.68. The van der Waals surface area contributed by atoms with Gasteiger partial charge < -0.3 is 10.0 Å². The average Bonchev–Trinajstić information content (AvgIpc) is 3.03. The van der Waals surface area contributed by atoms with Crippen LogP contribution in [0.25, 0.3) is 0 Å². The van der Waals surface area contributed by atoms with Crippen LogP contribution in [0.15, 0.2) is 41.3 Å². The van der Waals surface area contributed by atoms with Crippen LogP contribution in [0, 0.1) is 6.92 Å². The molecule has 1 aliphatic heterocycles. The van der Waals surface area contributed by atoms with Crippen molar-refractivity contribution in [3.63, 3.8) is 0 Å². The van der Waals surface area contributed by atoms with Gasteiger partial charge in [0.05, 0.1) is 10.5 Å². The summed E-state index contributed by atoms with van der Waals surface area (Å²) >= 11 is 0. The molecular formula is C19H20N2O5S. The van der Waals surface area contributed by atoms with Gasteiger partial charge in [-0.25, -0.2) is 17.5 Å². The minimum absolute atomic E-state index is 0.0432. The molecule has 0 atom stereocenters. The number of aryl methyl sites for hydroxylation is 1. The Kier molecular flexibility index (Phi) is 4.79. The van der Waals surface area contributed by atoms with Crippen LogP contribution in [0.4, 0.5) is 5.69 Å². The third-order valence-electron chi connectivity index (χ3n) is 4.55. The van der Waals surface area contributed by atoms with E-state index in [1.807, 2.05) is 0 Å². The summed E-state index contributed by atoms with van der Waals surface area (Å²) in [7, 11) is -0.719. The van der Waals surface area contributed by atoms with Gasteiger partial charge in [0.1, 0.15) is 0 Å². The number of carbonyl (C=O) groups is 2. The molecule has 1 N–H and O–H groups in total. The number of carboxylic acids is 1. The van der Waals surface area contributed by atoms with Gasteiger partial charge in [-0.1, -0.05) is 6.07 Å². The monoisotopic (exact) mass is 388 g/mol. The number of anilines is 1. The zero-order valence-corrected chi connectivity index (χ0v) is 16.1. The molecule has 0 radical (unpaired) electrons. The first-order chi connectivity index (χ1) is 12.6. The molecule has 2 aromatic rings. The molecule has 1 aliphatic rings. The molecule has 0 saturated carbocycles. The Morgan fingerprint density at radius 1 is 1.07 bits per heavy atom. The summed E-state index contributed by atoms with van der Waals surface area (Å²) < 4.78 is 25.9. The van der Waals surface area contributed by atoms with Gasteiger partial charge >= 0.3 is 5.97 Å². The first-order valence-electron chi connectivity index (χ1n) is 8.33. The summed E-state index contributed by atoms with van der Waals surface area (Å²) in [6.45, 7) is 2.14. The number of carbonyl (C=O) groups excluding carboxylic acids is 1. The highest BCUT2D eigenvalue weighted by Crippen LogP contribution is 2.32. The van der Waals surface area contributed by atoms with Gasteiger partial charge in [-0.15, -0.1) is 0 Å². The Morgan fingerprint density at radius 3 is 2.37 bits per heavy atom. The fourth-order valence-corrected chi connectivity index (χ4v) is 4.05. The van der Waals surface area contributed by atoms with E-state index in [4.69, 9.17) is 0 Å². The Morgan fingerprint density at radius 2 is 1.74 bits per heavy atom. The highest BCUT2D eigenvalue weighted by molar-refractivity contribution is 7.89. The van der Waals surface area contributed by atoms with Gasteiger partial charge in [0.25, 0.3) is 5.91 Å². The number of amides is 1. The van der Waals surface area contributed by atoms with Crippen LogP contribution in [-0.4, -0.2) is 50.3 Å². The van der Waals surface area contributed by atoms with Crippen molar-refractivity contribution in [2.45, 2.75) is 18.2 Å². The maximum atomic E-state index is 13.0. The van der Waals surface area contributed by atoms with Crippen molar-refractivity contribution >= 4 is 27.6 Å². The molecule has 8 heteroatoms. The van der Waals surface area contributed by atoms with E-state index < -0.39 is 16.0 Å². The Hall–Kier alpha value is -2.71. The number of hydrogen-bond acceptors (Lipinski definition) is 4. The van der Waals surface area contributed by atoms with Crippen molar-refractivity contribution in [2.75, 3.05) is 25.5 Å². The molecule has 142 valence electrons. The van der Waals surface area contributed by atoms with Crippen molar-refractivity contribution in [3.05, 3.63) is 58.7 Å². The topological polar surface area (TPSA) is 95.0 Å². The van der Waals surface area contributed by atoms with Crippen molar-refractivity contribution in [1.82, 2.24) is 4.31 Å². The molecule has 0 unspecified atom stereocenters. The van der Waals surface area contributed by atoms with Crippen LogP contribution in [0.3, 0.4) is 0 Å². The third-order valence-corrected chi connectivity index (χ3v) is 6.36. The smallest absolute Gasteiger partial charge is 0.335 e. The van der Waals surface area contributed by atoms with Crippen LogP contribution in [0.2, 0.25) is 0 Å². The summed E-state index contributed by atoms with van der Waals surface area (Å²) in [5.41, 5.74) is 2.40. The van der Waals surface area contributed by atoms with Crippen LogP contribution < -0.4 is 4.90 Å². The maximum Gasteiger partial charge on any atom is 0.335 e. The van der Waals surface area contributed by atoms with Crippen LogP contribution in [0.1, 0.15) is 31.8 Å². The summed E-state index contributed by atoms with van der Waals surface area (Å²) in [5, 5.41) is 9.22. The van der Waals surface area contributed by atoms with Gasteiger partial charge in [-0.3, -0.25) is 4.79 Å². The Balaban J connectivity index is 2.03. The summed E-state index contributed by atoms with van der Waals surface area (Å²) in [4.78, 5) is 25.9. The van der Waals surface area contributed by atoms with Crippen LogP contribution in [0.5, 0.6) is 0 Å². The van der Waals surface area contributed by atoms with Gasteiger partial charge in [0.15, 0.2) is 0 Å². The van der Waals surface area contributed by atoms with E-state index in [0.29, 0.717) is 24.2 Å². The molecule has 1 amide bonds. The molecule has 7 nitrogen and oxygen atoms in total. The predicted molar refractivity (Wildman–Crippen MR) is 101 cm³/mol. The Labute approximate surface area is 157 Å². The molecule has 0 fully saturated rings. The number of benzene rings is 2. The van der Waals surface area contributed by atoms with E-state index in [0.717, 1.165) is 9.87 Å². The van der Waals surface area contributed by atoms with Gasteiger partial charge in [0, 0.05) is 31.9 Å². The lowest BCUT2D eigenvalue weighted by Gasteiger charge is -2.19. The predicted octanol–water partition coefficient (Wildman–Crippen LogP) is 2.15. The molecule has 27 heavy (non-hydrogen) atoms. The summed E-state index contributed by atoms with van der Waals surface area (Å²) in [6, 6.07) is 9.24. The van der Waals surface area contributed by atoms with Crippen molar-refractivity contribution in [2.24, 2.45) is 0 Å². The van der Waals surface area contributed by atoms with Gasteiger partial charge in [-0.05, 0) is 54.8 Å². The molecule has 0 spiro atoms. The zero-order chi connectivity index (χ0) is 19.9. The van der Waals surface area contributed by atoms with Gasteiger partial charge in [-0.2, -0.15) is 0 Å². The highest BCUT2D eigenvalue weighted by Gasteiger charge is 2.28. The number of aromatic carboxylic acids is 1. The fourth-order valence-electron chi connectivity index (χ4n) is 3.13. The second-order valence-corrected chi connectivity index (χ2v) is 8.83. The number of carboxylic acid groups (broad SMARTS) is 1. The molecular weight excluding hydrogens is 368 g/mol. The lowest BCUT2D eigenvalue weighted by molar-refractivity contribution is 0.0696. The van der Waals surface area contributed by atoms with Crippen molar-refractivity contribution in [3.8, 4) is 0 Å². The first-order valence-corrected chi connectivity index (χ1v) is 9.77. The zero-order valence-electron chi connectivity index (χ0n) is 15.3. The largest absolute Gasteiger partial charge is 0.478 e. The molecule has 0 aliphatic carbocycles. The Bertz CT molecular complexity index is 1040. The quantitative estimate of drug-likeness (QED) is 0.866. The summed E-state index contributed by atoms with van der Waals surface area (Å²) in [6.07, 6.45) is 0.612. The van der Waals surface area contributed by atoms with E-state index in [9.17, 15) is 23.1 Å². The number of sulfonamides is 1. The molecule has 0 bridgehead atoms. The first kappa shape index (κ1) is 19.1. The van der Waals surface area contributed by atoms with E-state index in [-0.39, 0.29) is 21.9 Å². The van der Waals surface area contributed by atoms with E-state index in [1.165, 1.54) is 43.3 Å². The highest BCUT2D eigenvalue weighted by atomic mass is 32.2. The van der Waals surface area contributed by atoms with Crippen LogP contribution >= 0.6 is 0 Å². The number of nitrogens with zero attached hydrogens (tertiary/aromatic N) is 2. The second kappa shape index (κ2) is 6.79. The fraction of sp³-hybridized carbons (Fsp3) is 0.263. The van der Waals surface area contributed by atoms with Crippen molar-refractivity contribution in [1.29, 1.82) is 0 Å². The molecule has 2 aromatic carbocycles. The standard InChI is InChI=1S/C19H20N2O5S/c1-12-8-14(10-15(9-12)19(23)24)18(22)21-7-6-13-4-5-16(11-17(13)21)27(25,26)20(2)3/h4-5,8-11H,6-7H2,1-3H3,(H,23,24). The van der Waals surface area contributed by atoms with Crippen LogP contribution in [-0.2, 0) is 16.4 Å². The number of hydrogen-bond donors (Lipinski definition) is 1. The van der Waals surface area contributed by atoms with Gasteiger partial charge in [0.2, 0.25) is 10.0 Å².